The molecule has 0 spiro atoms. The summed E-state index contributed by atoms with van der Waals surface area (Å²) in [4.78, 5) is 39.6. The lowest BCUT2D eigenvalue weighted by molar-refractivity contribution is -0.122. The average molecular weight is 543 g/mol. The van der Waals surface area contributed by atoms with E-state index in [1.807, 2.05) is 55.5 Å². The molecule has 0 bridgehead atoms. The van der Waals surface area contributed by atoms with E-state index < -0.39 is 33.8 Å². The van der Waals surface area contributed by atoms with Gasteiger partial charge in [0, 0.05) is 6.54 Å². The highest BCUT2D eigenvalue weighted by Gasteiger charge is 2.47. The second kappa shape index (κ2) is 10.4. The highest BCUT2D eigenvalue weighted by atomic mass is 32.2. The molecule has 4 aromatic rings. The van der Waals surface area contributed by atoms with Crippen LogP contribution in [0, 0.1) is 6.92 Å². The Morgan fingerprint density at radius 1 is 0.923 bits per heavy atom. The summed E-state index contributed by atoms with van der Waals surface area (Å²) in [6.07, 6.45) is -0.309. The molecule has 1 atom stereocenters. The van der Waals surface area contributed by atoms with E-state index in [0.29, 0.717) is 5.56 Å². The van der Waals surface area contributed by atoms with E-state index in [4.69, 9.17) is 4.74 Å². The monoisotopic (exact) mass is 542 g/mol. The maximum absolute atomic E-state index is 14.1. The Bertz CT molecular complexity index is 1680. The van der Waals surface area contributed by atoms with Gasteiger partial charge in [0.2, 0.25) is 15.9 Å². The number of anilines is 1. The maximum atomic E-state index is 14.1. The van der Waals surface area contributed by atoms with Crippen LogP contribution in [0.2, 0.25) is 0 Å². The molecule has 1 aliphatic heterocycles. The standard InChI is InChI=1S/C30H26N2O6S/c1-20-7-9-21(10-8-20)19-31(39(36,37)26-16-13-22-5-3-4-6-24(22)17-26)27-18-28(33)32(29(27)34)25-14-11-23(12-15-25)30(35)38-2/h3-17,27H,18-19H2,1-2H3. The summed E-state index contributed by atoms with van der Waals surface area (Å²) < 4.78 is 34.0. The average Bonchev–Trinajstić information content (AvgIpc) is 3.24. The van der Waals surface area contributed by atoms with Crippen LogP contribution in [0.4, 0.5) is 5.69 Å². The van der Waals surface area contributed by atoms with Crippen LogP contribution in [0.15, 0.2) is 95.9 Å². The number of hydrogen-bond donors (Lipinski definition) is 0. The molecule has 0 radical (unpaired) electrons. The predicted molar refractivity (Wildman–Crippen MR) is 147 cm³/mol. The van der Waals surface area contributed by atoms with Crippen molar-refractivity contribution in [1.29, 1.82) is 0 Å². The number of sulfonamides is 1. The Morgan fingerprint density at radius 2 is 1.59 bits per heavy atom. The molecule has 8 nitrogen and oxygen atoms in total. The van der Waals surface area contributed by atoms with Crippen molar-refractivity contribution in [3.8, 4) is 0 Å². The molecule has 1 unspecified atom stereocenters. The lowest BCUT2D eigenvalue weighted by atomic mass is 10.1. The minimum atomic E-state index is -4.20. The zero-order chi connectivity index (χ0) is 27.7. The number of benzene rings is 4. The lowest BCUT2D eigenvalue weighted by Crippen LogP contribution is -2.45. The molecule has 1 saturated heterocycles. The van der Waals surface area contributed by atoms with Crippen molar-refractivity contribution in [1.82, 2.24) is 4.31 Å². The van der Waals surface area contributed by atoms with Gasteiger partial charge in [0.15, 0.2) is 0 Å². The zero-order valence-corrected chi connectivity index (χ0v) is 22.2. The van der Waals surface area contributed by atoms with Gasteiger partial charge < -0.3 is 4.74 Å². The smallest absolute Gasteiger partial charge is 0.337 e. The van der Waals surface area contributed by atoms with Crippen LogP contribution in [0.3, 0.4) is 0 Å². The second-order valence-electron chi connectivity index (χ2n) is 9.37. The first kappa shape index (κ1) is 26.3. The van der Waals surface area contributed by atoms with E-state index in [1.54, 1.807) is 12.1 Å². The van der Waals surface area contributed by atoms with Gasteiger partial charge in [0.25, 0.3) is 5.91 Å². The molecular weight excluding hydrogens is 516 g/mol. The quantitative estimate of drug-likeness (QED) is 0.253. The SMILES string of the molecule is COC(=O)c1ccc(N2C(=O)CC(N(Cc3ccc(C)cc3)S(=O)(=O)c3ccc4ccccc4c3)C2=O)cc1. The molecule has 0 saturated carbocycles. The number of nitrogens with zero attached hydrogens (tertiary/aromatic N) is 2. The number of amides is 2. The number of methoxy groups -OCH3 is 1. The Labute approximate surface area is 226 Å². The Balaban J connectivity index is 1.54. The molecule has 1 fully saturated rings. The van der Waals surface area contributed by atoms with E-state index in [9.17, 15) is 22.8 Å². The Morgan fingerprint density at radius 3 is 2.26 bits per heavy atom. The normalized spacial score (nSPS) is 15.8. The van der Waals surface area contributed by atoms with Crippen molar-refractivity contribution in [2.75, 3.05) is 12.0 Å². The third-order valence-electron chi connectivity index (χ3n) is 6.80. The highest BCUT2D eigenvalue weighted by Crippen LogP contribution is 2.32. The number of rotatable bonds is 7. The highest BCUT2D eigenvalue weighted by molar-refractivity contribution is 7.89. The number of esters is 1. The molecule has 9 heteroatoms. The number of aryl methyl sites for hydroxylation is 1. The maximum Gasteiger partial charge on any atom is 0.337 e. The first-order valence-electron chi connectivity index (χ1n) is 12.3. The molecule has 4 aromatic carbocycles. The Hall–Kier alpha value is -4.34. The fourth-order valence-electron chi connectivity index (χ4n) is 4.68. The van der Waals surface area contributed by atoms with Gasteiger partial charge >= 0.3 is 5.97 Å². The van der Waals surface area contributed by atoms with Crippen molar-refractivity contribution in [2.24, 2.45) is 0 Å². The molecule has 0 aliphatic carbocycles. The van der Waals surface area contributed by atoms with Gasteiger partial charge in [0.1, 0.15) is 6.04 Å². The molecule has 198 valence electrons. The molecule has 1 aliphatic rings. The summed E-state index contributed by atoms with van der Waals surface area (Å²) in [6.45, 7) is 1.84. The number of fused-ring (bicyclic) bond motifs is 1. The van der Waals surface area contributed by atoms with Crippen LogP contribution in [0.25, 0.3) is 10.8 Å². The Kier molecular flexibility index (Phi) is 7.03. The first-order chi connectivity index (χ1) is 18.7. The van der Waals surface area contributed by atoms with Gasteiger partial charge in [-0.05, 0) is 59.7 Å². The molecular formula is C30H26N2O6S. The third kappa shape index (κ3) is 5.06. The van der Waals surface area contributed by atoms with Gasteiger partial charge in [-0.3, -0.25) is 9.59 Å². The molecule has 0 aromatic heterocycles. The number of imide groups is 1. The first-order valence-corrected chi connectivity index (χ1v) is 13.7. The van der Waals surface area contributed by atoms with Crippen molar-refractivity contribution in [3.63, 3.8) is 0 Å². The summed E-state index contributed by atoms with van der Waals surface area (Å²) >= 11 is 0. The molecule has 5 rings (SSSR count). The summed E-state index contributed by atoms with van der Waals surface area (Å²) in [7, 11) is -2.94. The van der Waals surface area contributed by atoms with E-state index >= 15 is 0 Å². The fraction of sp³-hybridized carbons (Fsp3) is 0.167. The van der Waals surface area contributed by atoms with Crippen LogP contribution in [0.5, 0.6) is 0 Å². The van der Waals surface area contributed by atoms with Crippen LogP contribution < -0.4 is 4.90 Å². The van der Waals surface area contributed by atoms with Gasteiger partial charge in [-0.1, -0.05) is 60.2 Å². The van der Waals surface area contributed by atoms with Gasteiger partial charge in [-0.15, -0.1) is 0 Å². The number of ether oxygens (including phenoxy) is 1. The van der Waals surface area contributed by atoms with Crippen molar-refractivity contribution >= 4 is 44.3 Å². The van der Waals surface area contributed by atoms with Gasteiger partial charge in [-0.2, -0.15) is 4.31 Å². The minimum absolute atomic E-state index is 0.0365. The van der Waals surface area contributed by atoms with Gasteiger partial charge in [-0.25, -0.2) is 18.1 Å². The second-order valence-corrected chi connectivity index (χ2v) is 11.3. The molecule has 2 amide bonds. The van der Waals surface area contributed by atoms with E-state index in [0.717, 1.165) is 25.5 Å². The largest absolute Gasteiger partial charge is 0.465 e. The fourth-order valence-corrected chi connectivity index (χ4v) is 6.28. The number of carbonyl (C=O) groups is 3. The van der Waals surface area contributed by atoms with Crippen LogP contribution in [-0.2, 0) is 30.9 Å². The van der Waals surface area contributed by atoms with Crippen LogP contribution in [-0.4, -0.2) is 43.7 Å². The molecule has 1 heterocycles. The van der Waals surface area contributed by atoms with Gasteiger partial charge in [0.05, 0.1) is 29.7 Å². The number of hydrogen-bond acceptors (Lipinski definition) is 6. The molecule has 0 N–H and O–H groups in total. The molecule has 39 heavy (non-hydrogen) atoms. The predicted octanol–water partition coefficient (Wildman–Crippen LogP) is 4.46. The van der Waals surface area contributed by atoms with E-state index in [-0.39, 0.29) is 29.1 Å². The summed E-state index contributed by atoms with van der Waals surface area (Å²) in [5.74, 6) is -1.73. The van der Waals surface area contributed by atoms with Crippen molar-refractivity contribution in [3.05, 3.63) is 108 Å². The van der Waals surface area contributed by atoms with Crippen molar-refractivity contribution in [2.45, 2.75) is 30.8 Å². The van der Waals surface area contributed by atoms with Crippen LogP contribution in [0.1, 0.15) is 27.9 Å². The topological polar surface area (TPSA) is 101 Å². The summed E-state index contributed by atoms with van der Waals surface area (Å²) in [5, 5.41) is 1.63. The van der Waals surface area contributed by atoms with Crippen molar-refractivity contribution < 1.29 is 27.5 Å². The minimum Gasteiger partial charge on any atom is -0.465 e. The summed E-state index contributed by atoms with van der Waals surface area (Å²) in [6, 6.07) is 24.2. The third-order valence-corrected chi connectivity index (χ3v) is 8.65. The summed E-state index contributed by atoms with van der Waals surface area (Å²) in [5.41, 5.74) is 2.21. The zero-order valence-electron chi connectivity index (χ0n) is 21.4. The van der Waals surface area contributed by atoms with E-state index in [1.165, 1.54) is 37.4 Å². The number of carbonyl (C=O) groups excluding carboxylic acids is 3. The van der Waals surface area contributed by atoms with E-state index in [2.05, 4.69) is 0 Å². The van der Waals surface area contributed by atoms with Crippen LogP contribution >= 0.6 is 0 Å². The lowest BCUT2D eigenvalue weighted by Gasteiger charge is -2.27.